The first-order valence-corrected chi connectivity index (χ1v) is 8.58. The average molecular weight is 318 g/mol. The second-order valence-corrected chi connectivity index (χ2v) is 6.18. The molecule has 0 bridgehead atoms. The summed E-state index contributed by atoms with van der Waals surface area (Å²) >= 11 is 0. The number of piperidine rings is 1. The number of rotatable bonds is 7. The molecule has 0 spiro atoms. The Balaban J connectivity index is 1.74. The molecule has 0 radical (unpaired) electrons. The Bertz CT molecular complexity index is 496. The minimum absolute atomic E-state index is 0.514. The van der Waals surface area contributed by atoms with Gasteiger partial charge in [0.15, 0.2) is 5.96 Å². The van der Waals surface area contributed by atoms with E-state index in [9.17, 15) is 0 Å². The van der Waals surface area contributed by atoms with E-state index >= 15 is 0 Å². The van der Waals surface area contributed by atoms with Gasteiger partial charge in [0.25, 0.3) is 0 Å². The van der Waals surface area contributed by atoms with Crippen LogP contribution in [0.5, 0.6) is 0 Å². The molecule has 2 rings (SSSR count). The molecule has 0 saturated carbocycles. The van der Waals surface area contributed by atoms with Crippen LogP contribution in [-0.4, -0.2) is 50.8 Å². The third-order valence-corrected chi connectivity index (χ3v) is 4.45. The van der Waals surface area contributed by atoms with Crippen molar-refractivity contribution in [2.75, 3.05) is 45.2 Å². The number of aryl methyl sites for hydroxylation is 1. The number of benzene rings is 1. The van der Waals surface area contributed by atoms with Crippen LogP contribution in [0.25, 0.3) is 0 Å². The highest BCUT2D eigenvalue weighted by atomic mass is 16.5. The van der Waals surface area contributed by atoms with Crippen LogP contribution < -0.4 is 11.1 Å². The molecule has 0 unspecified atom stereocenters. The van der Waals surface area contributed by atoms with Crippen molar-refractivity contribution >= 4 is 11.6 Å². The van der Waals surface area contributed by atoms with Gasteiger partial charge in [0.1, 0.15) is 0 Å². The van der Waals surface area contributed by atoms with Crippen LogP contribution >= 0.6 is 0 Å². The predicted octanol–water partition coefficient (Wildman–Crippen LogP) is 2.33. The van der Waals surface area contributed by atoms with Crippen molar-refractivity contribution in [3.8, 4) is 0 Å². The van der Waals surface area contributed by atoms with E-state index in [-0.39, 0.29) is 0 Å². The van der Waals surface area contributed by atoms with Crippen LogP contribution in [0.4, 0.5) is 5.69 Å². The molecule has 5 nitrogen and oxygen atoms in total. The van der Waals surface area contributed by atoms with Crippen LogP contribution in [0.3, 0.4) is 0 Å². The smallest absolute Gasteiger partial charge is 0.193 e. The van der Waals surface area contributed by atoms with Crippen LogP contribution in [0.15, 0.2) is 29.3 Å². The Morgan fingerprint density at radius 2 is 2.17 bits per heavy atom. The molecular weight excluding hydrogens is 288 g/mol. The van der Waals surface area contributed by atoms with Crippen molar-refractivity contribution < 1.29 is 4.74 Å². The van der Waals surface area contributed by atoms with Crippen molar-refractivity contribution in [3.05, 3.63) is 29.8 Å². The number of methoxy groups -OCH3 is 1. The van der Waals surface area contributed by atoms with E-state index in [1.807, 2.05) is 12.1 Å². The number of guanidine groups is 1. The lowest BCUT2D eigenvalue weighted by atomic mass is 9.97. The van der Waals surface area contributed by atoms with Gasteiger partial charge in [-0.15, -0.1) is 0 Å². The monoisotopic (exact) mass is 318 g/mol. The number of anilines is 1. The first-order chi connectivity index (χ1) is 11.2. The summed E-state index contributed by atoms with van der Waals surface area (Å²) in [6.07, 6.45) is 3.39. The largest absolute Gasteiger partial charge is 0.383 e. The summed E-state index contributed by atoms with van der Waals surface area (Å²) in [4.78, 5) is 6.99. The Labute approximate surface area is 139 Å². The molecule has 5 heteroatoms. The first-order valence-electron chi connectivity index (χ1n) is 8.58. The van der Waals surface area contributed by atoms with Crippen molar-refractivity contribution in [1.29, 1.82) is 0 Å². The number of likely N-dealkylation sites (tertiary alicyclic amines) is 1. The molecule has 23 heavy (non-hydrogen) atoms. The molecule has 1 aromatic carbocycles. The number of hydrogen-bond donors (Lipinski definition) is 2. The molecule has 3 N–H and O–H groups in total. The van der Waals surface area contributed by atoms with E-state index in [0.29, 0.717) is 11.9 Å². The zero-order valence-electron chi connectivity index (χ0n) is 14.4. The lowest BCUT2D eigenvalue weighted by Gasteiger charge is -2.30. The van der Waals surface area contributed by atoms with Gasteiger partial charge >= 0.3 is 0 Å². The molecule has 1 fully saturated rings. The van der Waals surface area contributed by atoms with Gasteiger partial charge in [0.2, 0.25) is 0 Å². The van der Waals surface area contributed by atoms with Crippen LogP contribution in [0.2, 0.25) is 0 Å². The fraction of sp³-hybridized carbons (Fsp3) is 0.611. The molecule has 0 amide bonds. The third kappa shape index (κ3) is 6.20. The van der Waals surface area contributed by atoms with Gasteiger partial charge in [-0.3, -0.25) is 4.99 Å². The number of ether oxygens (including phenoxy) is 1. The first kappa shape index (κ1) is 17.8. The molecule has 1 heterocycles. The quantitative estimate of drug-likeness (QED) is 0.598. The van der Waals surface area contributed by atoms with Gasteiger partial charge in [-0.2, -0.15) is 0 Å². The summed E-state index contributed by atoms with van der Waals surface area (Å²) in [6, 6.07) is 8.31. The maximum absolute atomic E-state index is 6.02. The van der Waals surface area contributed by atoms with E-state index < -0.39 is 0 Å². The Hall–Kier alpha value is -1.59. The summed E-state index contributed by atoms with van der Waals surface area (Å²) in [7, 11) is 1.76. The SMILES string of the molecule is CCc1cccc(NC(N)=NCC2CCN(CCOC)CC2)c1. The summed E-state index contributed by atoms with van der Waals surface area (Å²) in [5.41, 5.74) is 8.33. The lowest BCUT2D eigenvalue weighted by molar-refractivity contribution is 0.121. The number of nitrogens with one attached hydrogen (secondary N) is 1. The highest BCUT2D eigenvalue weighted by Gasteiger charge is 2.18. The van der Waals surface area contributed by atoms with Gasteiger partial charge in [0.05, 0.1) is 6.61 Å². The second kappa shape index (κ2) is 9.53. The molecule has 1 aliphatic rings. The van der Waals surface area contributed by atoms with Gasteiger partial charge < -0.3 is 20.7 Å². The van der Waals surface area contributed by atoms with Gasteiger partial charge in [-0.05, 0) is 56.0 Å². The minimum Gasteiger partial charge on any atom is -0.383 e. The standard InChI is InChI=1S/C18H30N4O/c1-3-15-5-4-6-17(13-15)21-18(19)20-14-16-7-9-22(10-8-16)11-12-23-2/h4-6,13,16H,3,7-12,14H2,1-2H3,(H3,19,20,21). The predicted molar refractivity (Wildman–Crippen MR) is 97.0 cm³/mol. The topological polar surface area (TPSA) is 62.9 Å². The second-order valence-electron chi connectivity index (χ2n) is 6.18. The maximum atomic E-state index is 6.02. The zero-order valence-corrected chi connectivity index (χ0v) is 14.4. The van der Waals surface area contributed by atoms with E-state index in [1.165, 1.54) is 18.4 Å². The maximum Gasteiger partial charge on any atom is 0.193 e. The van der Waals surface area contributed by atoms with Crippen LogP contribution in [0, 0.1) is 5.92 Å². The summed E-state index contributed by atoms with van der Waals surface area (Å²) < 4.78 is 5.14. The number of aliphatic imine (C=N–C) groups is 1. The van der Waals surface area contributed by atoms with Gasteiger partial charge in [-0.25, -0.2) is 0 Å². The Morgan fingerprint density at radius 3 is 2.87 bits per heavy atom. The summed E-state index contributed by atoms with van der Waals surface area (Å²) in [6.45, 7) is 7.07. The van der Waals surface area contributed by atoms with Crippen molar-refractivity contribution in [1.82, 2.24) is 4.90 Å². The number of hydrogen-bond acceptors (Lipinski definition) is 3. The molecular formula is C18H30N4O. The fourth-order valence-electron chi connectivity index (χ4n) is 2.90. The van der Waals surface area contributed by atoms with E-state index in [1.54, 1.807) is 7.11 Å². The number of nitrogens with two attached hydrogens (primary N) is 1. The average Bonchev–Trinajstić information content (AvgIpc) is 2.59. The van der Waals surface area contributed by atoms with Crippen LogP contribution in [0.1, 0.15) is 25.3 Å². The van der Waals surface area contributed by atoms with E-state index in [0.717, 1.165) is 44.9 Å². The molecule has 1 aliphatic heterocycles. The number of nitrogens with zero attached hydrogens (tertiary/aromatic N) is 2. The van der Waals surface area contributed by atoms with Crippen molar-refractivity contribution in [2.45, 2.75) is 26.2 Å². The third-order valence-electron chi connectivity index (χ3n) is 4.45. The Morgan fingerprint density at radius 1 is 1.39 bits per heavy atom. The van der Waals surface area contributed by atoms with Crippen molar-refractivity contribution in [2.24, 2.45) is 16.6 Å². The normalized spacial score (nSPS) is 17.4. The molecule has 1 saturated heterocycles. The summed E-state index contributed by atoms with van der Waals surface area (Å²) in [5.74, 6) is 1.15. The summed E-state index contributed by atoms with van der Waals surface area (Å²) in [5, 5.41) is 3.19. The fourth-order valence-corrected chi connectivity index (χ4v) is 2.90. The highest BCUT2D eigenvalue weighted by molar-refractivity contribution is 5.92. The minimum atomic E-state index is 0.514. The zero-order chi connectivity index (χ0) is 16.5. The molecule has 1 aromatic rings. The molecule has 0 aliphatic carbocycles. The Kier molecular flexibility index (Phi) is 7.36. The van der Waals surface area contributed by atoms with Crippen molar-refractivity contribution in [3.63, 3.8) is 0 Å². The van der Waals surface area contributed by atoms with E-state index in [2.05, 4.69) is 34.3 Å². The molecule has 0 atom stereocenters. The van der Waals surface area contributed by atoms with Gasteiger partial charge in [-0.1, -0.05) is 19.1 Å². The van der Waals surface area contributed by atoms with Crippen LogP contribution in [-0.2, 0) is 11.2 Å². The molecule has 128 valence electrons. The van der Waals surface area contributed by atoms with Gasteiger partial charge in [0, 0.05) is 25.9 Å². The highest BCUT2D eigenvalue weighted by Crippen LogP contribution is 2.17. The lowest BCUT2D eigenvalue weighted by Crippen LogP contribution is -2.37. The van der Waals surface area contributed by atoms with E-state index in [4.69, 9.17) is 10.5 Å². The molecule has 0 aromatic heterocycles.